The molecule has 1 N–H and O–H groups in total. The van der Waals surface area contributed by atoms with Crippen LogP contribution in [0.3, 0.4) is 0 Å². The van der Waals surface area contributed by atoms with Gasteiger partial charge in [0.15, 0.2) is 7.28 Å². The number of carbonyl (C=O) groups is 1. The van der Waals surface area contributed by atoms with Crippen molar-refractivity contribution in [1.29, 1.82) is 0 Å². The highest BCUT2D eigenvalue weighted by atomic mass is 16.3. The lowest BCUT2D eigenvalue weighted by atomic mass is 9.66. The highest BCUT2D eigenvalue weighted by Gasteiger charge is 2.28. The molecule has 1 rings (SSSR count). The van der Waals surface area contributed by atoms with E-state index >= 15 is 0 Å². The van der Waals surface area contributed by atoms with E-state index in [2.05, 4.69) is 0 Å². The Bertz CT molecular complexity index is 147. The van der Waals surface area contributed by atoms with Gasteiger partial charge in [0.05, 0.1) is 11.8 Å². The van der Waals surface area contributed by atoms with E-state index in [9.17, 15) is 9.90 Å². The quantitative estimate of drug-likeness (QED) is 0.507. The van der Waals surface area contributed by atoms with Crippen LogP contribution in [0.2, 0.25) is 6.32 Å². The molecular weight excluding hydrogens is 151 g/mol. The lowest BCUT2D eigenvalue weighted by Crippen LogP contribution is -2.30. The first-order valence-corrected chi connectivity index (χ1v) is 4.63. The van der Waals surface area contributed by atoms with Crippen LogP contribution < -0.4 is 0 Å². The third-order valence-electron chi connectivity index (χ3n) is 2.75. The molecule has 0 heterocycles. The van der Waals surface area contributed by atoms with E-state index in [4.69, 9.17) is 0 Å². The molecule has 0 amide bonds. The average Bonchev–Trinajstić information content (AvgIpc) is 2.03. The number of aliphatic hydroxyl groups is 1. The van der Waals surface area contributed by atoms with Crippen LogP contribution in [0.5, 0.6) is 0 Å². The summed E-state index contributed by atoms with van der Waals surface area (Å²) in [6.45, 7) is 1.90. The summed E-state index contributed by atoms with van der Waals surface area (Å²) in [4.78, 5) is 10.1. The van der Waals surface area contributed by atoms with Crippen LogP contribution in [-0.4, -0.2) is 24.2 Å². The molecule has 1 saturated carbocycles. The van der Waals surface area contributed by atoms with Gasteiger partial charge in [0, 0.05) is 0 Å². The van der Waals surface area contributed by atoms with Crippen molar-refractivity contribution < 1.29 is 9.90 Å². The molecule has 0 aliphatic heterocycles. The standard InChI is InChI=1S/C9H16BO2/c1-9(12)4-2-8(3-5-9)6-10-7-11/h7-8,12H,2-6H2,1H3. The molecule has 1 aliphatic rings. The van der Waals surface area contributed by atoms with Crippen LogP contribution in [0.4, 0.5) is 0 Å². The zero-order valence-corrected chi connectivity index (χ0v) is 7.62. The first-order valence-electron chi connectivity index (χ1n) is 4.63. The van der Waals surface area contributed by atoms with Crippen molar-refractivity contribution in [1.82, 2.24) is 0 Å². The molecule has 1 fully saturated rings. The van der Waals surface area contributed by atoms with Crippen LogP contribution in [0.25, 0.3) is 0 Å². The number of rotatable bonds is 3. The average molecular weight is 167 g/mol. The van der Waals surface area contributed by atoms with Crippen molar-refractivity contribution in [3.63, 3.8) is 0 Å². The fourth-order valence-corrected chi connectivity index (χ4v) is 1.78. The Balaban J connectivity index is 2.22. The Morgan fingerprint density at radius 3 is 2.67 bits per heavy atom. The van der Waals surface area contributed by atoms with Gasteiger partial charge in [0.1, 0.15) is 0 Å². The molecule has 0 saturated heterocycles. The van der Waals surface area contributed by atoms with Gasteiger partial charge < -0.3 is 9.90 Å². The molecule has 67 valence electrons. The molecule has 2 nitrogen and oxygen atoms in total. The van der Waals surface area contributed by atoms with Gasteiger partial charge >= 0.3 is 0 Å². The molecule has 1 aliphatic carbocycles. The maximum Gasteiger partial charge on any atom is 0.197 e. The van der Waals surface area contributed by atoms with E-state index in [0.29, 0.717) is 5.92 Å². The molecular formula is C9H16BO2. The van der Waals surface area contributed by atoms with Gasteiger partial charge in [-0.3, -0.25) is 0 Å². The zero-order valence-electron chi connectivity index (χ0n) is 7.62. The smallest absolute Gasteiger partial charge is 0.197 e. The van der Waals surface area contributed by atoms with Gasteiger partial charge in [-0.1, -0.05) is 6.32 Å². The number of hydrogen-bond donors (Lipinski definition) is 1. The molecule has 0 atom stereocenters. The van der Waals surface area contributed by atoms with Crippen molar-refractivity contribution in [3.05, 3.63) is 0 Å². The minimum atomic E-state index is -0.447. The van der Waals surface area contributed by atoms with Gasteiger partial charge in [-0.15, -0.1) is 0 Å². The maximum absolute atomic E-state index is 10.1. The summed E-state index contributed by atoms with van der Waals surface area (Å²) in [5.41, 5.74) is -0.447. The summed E-state index contributed by atoms with van der Waals surface area (Å²) < 4.78 is 0. The summed E-state index contributed by atoms with van der Waals surface area (Å²) in [6.07, 6.45) is 5.62. The predicted molar refractivity (Wildman–Crippen MR) is 49.9 cm³/mol. The Hall–Kier alpha value is -0.305. The normalized spacial score (nSPS) is 36.0. The highest BCUT2D eigenvalue weighted by Crippen LogP contribution is 2.33. The largest absolute Gasteiger partial charge is 0.390 e. The second kappa shape index (κ2) is 4.08. The Labute approximate surface area is 74.6 Å². The van der Waals surface area contributed by atoms with Gasteiger partial charge in [-0.25, -0.2) is 0 Å². The molecule has 0 aromatic carbocycles. The third kappa shape index (κ3) is 2.98. The lowest BCUT2D eigenvalue weighted by Gasteiger charge is -2.32. The minimum Gasteiger partial charge on any atom is -0.390 e. The monoisotopic (exact) mass is 167 g/mol. The first kappa shape index (κ1) is 9.78. The minimum absolute atomic E-state index is 0.447. The van der Waals surface area contributed by atoms with Crippen LogP contribution in [0, 0.1) is 5.92 Å². The first-order chi connectivity index (χ1) is 5.64. The zero-order chi connectivity index (χ0) is 9.03. The lowest BCUT2D eigenvalue weighted by molar-refractivity contribution is 0.0105. The van der Waals surface area contributed by atoms with E-state index in [1.165, 1.54) is 0 Å². The summed E-state index contributed by atoms with van der Waals surface area (Å²) in [7, 11) is 1.69. The maximum atomic E-state index is 10.1. The fraction of sp³-hybridized carbons (Fsp3) is 0.889. The van der Waals surface area contributed by atoms with Gasteiger partial charge in [-0.2, -0.15) is 0 Å². The topological polar surface area (TPSA) is 37.3 Å². The molecule has 0 bridgehead atoms. The Morgan fingerprint density at radius 2 is 2.17 bits per heavy atom. The predicted octanol–water partition coefficient (Wildman–Crippen LogP) is 1.24. The van der Waals surface area contributed by atoms with Crippen molar-refractivity contribution >= 4 is 13.5 Å². The second-order valence-corrected chi connectivity index (χ2v) is 4.05. The van der Waals surface area contributed by atoms with Crippen LogP contribution in [0.1, 0.15) is 32.6 Å². The van der Waals surface area contributed by atoms with E-state index in [-0.39, 0.29) is 0 Å². The molecule has 1 radical (unpaired) electrons. The molecule has 0 aromatic rings. The van der Waals surface area contributed by atoms with E-state index in [1.807, 2.05) is 6.92 Å². The summed E-state index contributed by atoms with van der Waals surface area (Å²) >= 11 is 0. The molecule has 0 unspecified atom stereocenters. The number of hydrogen-bond acceptors (Lipinski definition) is 2. The van der Waals surface area contributed by atoms with Crippen molar-refractivity contribution in [2.24, 2.45) is 5.92 Å². The van der Waals surface area contributed by atoms with Crippen LogP contribution in [-0.2, 0) is 4.79 Å². The SMILES string of the molecule is CC1(O)CCC(C[B]C=O)CC1. The highest BCUT2D eigenvalue weighted by molar-refractivity contribution is 6.66. The van der Waals surface area contributed by atoms with Gasteiger partial charge in [0.2, 0.25) is 0 Å². The van der Waals surface area contributed by atoms with Crippen LogP contribution >= 0.6 is 0 Å². The Morgan fingerprint density at radius 1 is 1.58 bits per heavy atom. The summed E-state index contributed by atoms with van der Waals surface area (Å²) in [5.74, 6) is 0.621. The summed E-state index contributed by atoms with van der Waals surface area (Å²) in [6, 6.07) is 0. The van der Waals surface area contributed by atoms with E-state index < -0.39 is 5.60 Å². The molecule has 12 heavy (non-hydrogen) atoms. The number of carbonyl (C=O) groups excluding carboxylic acids is 1. The Kier molecular flexibility index (Phi) is 3.33. The second-order valence-electron chi connectivity index (χ2n) is 4.05. The molecule has 0 spiro atoms. The third-order valence-corrected chi connectivity index (χ3v) is 2.75. The van der Waals surface area contributed by atoms with Gasteiger partial charge in [0.25, 0.3) is 0 Å². The van der Waals surface area contributed by atoms with E-state index in [1.54, 1.807) is 7.28 Å². The van der Waals surface area contributed by atoms with Crippen molar-refractivity contribution in [2.45, 2.75) is 44.5 Å². The summed E-state index contributed by atoms with van der Waals surface area (Å²) in [5, 5.41) is 9.64. The van der Waals surface area contributed by atoms with E-state index in [0.717, 1.165) is 38.2 Å². The molecule has 0 aromatic heterocycles. The van der Waals surface area contributed by atoms with Gasteiger partial charge in [-0.05, 0) is 38.5 Å². The van der Waals surface area contributed by atoms with Crippen molar-refractivity contribution in [3.8, 4) is 0 Å². The fourth-order valence-electron chi connectivity index (χ4n) is 1.78. The molecule has 3 heteroatoms. The van der Waals surface area contributed by atoms with Crippen molar-refractivity contribution in [2.75, 3.05) is 0 Å². The van der Waals surface area contributed by atoms with Crippen LogP contribution in [0.15, 0.2) is 0 Å².